The van der Waals surface area contributed by atoms with Gasteiger partial charge in [0.2, 0.25) is 0 Å². The zero-order chi connectivity index (χ0) is 14.6. The van der Waals surface area contributed by atoms with E-state index in [-0.39, 0.29) is 12.6 Å². The molecular formula is C12H24N2O4S. The Labute approximate surface area is 115 Å². The van der Waals surface area contributed by atoms with Gasteiger partial charge in [0.25, 0.3) is 10.2 Å². The molecule has 7 heteroatoms. The summed E-state index contributed by atoms with van der Waals surface area (Å²) in [5, 5.41) is 9.02. The van der Waals surface area contributed by atoms with Gasteiger partial charge in [0.15, 0.2) is 0 Å². The Kier molecular flexibility index (Phi) is 5.76. The molecule has 0 radical (unpaired) electrons. The Hall–Kier alpha value is -0.660. The van der Waals surface area contributed by atoms with Crippen molar-refractivity contribution in [1.82, 2.24) is 8.61 Å². The minimum Gasteiger partial charge on any atom is -0.481 e. The number of hydrogen-bond donors (Lipinski definition) is 1. The Morgan fingerprint density at radius 3 is 2.68 bits per heavy atom. The van der Waals surface area contributed by atoms with Crippen molar-refractivity contribution in [2.24, 2.45) is 5.92 Å². The molecule has 1 rings (SSSR count). The molecule has 0 aliphatic carbocycles. The smallest absolute Gasteiger partial charge is 0.307 e. The molecule has 6 nitrogen and oxygen atoms in total. The minimum atomic E-state index is -3.55. The number of piperidine rings is 1. The molecule has 1 N–H and O–H groups in total. The van der Waals surface area contributed by atoms with Gasteiger partial charge in [-0.25, -0.2) is 0 Å². The van der Waals surface area contributed by atoms with Crippen molar-refractivity contribution in [3.05, 3.63) is 0 Å². The molecule has 1 fully saturated rings. The van der Waals surface area contributed by atoms with E-state index in [4.69, 9.17) is 5.11 Å². The van der Waals surface area contributed by atoms with Crippen molar-refractivity contribution >= 4 is 16.2 Å². The van der Waals surface area contributed by atoms with Gasteiger partial charge in [0, 0.05) is 26.2 Å². The molecule has 0 spiro atoms. The average Bonchev–Trinajstić information content (AvgIpc) is 2.38. The first-order valence-corrected chi connectivity index (χ1v) is 8.16. The molecule has 2 atom stereocenters. The minimum absolute atomic E-state index is 0.0693. The maximum absolute atomic E-state index is 12.4. The summed E-state index contributed by atoms with van der Waals surface area (Å²) in [6.07, 6.45) is 2.87. The van der Waals surface area contributed by atoms with Crippen LogP contribution >= 0.6 is 0 Å². The van der Waals surface area contributed by atoms with Crippen molar-refractivity contribution in [2.45, 2.75) is 45.6 Å². The van der Waals surface area contributed by atoms with E-state index in [2.05, 4.69) is 0 Å². The monoisotopic (exact) mass is 292 g/mol. The topological polar surface area (TPSA) is 77.9 Å². The van der Waals surface area contributed by atoms with E-state index < -0.39 is 22.1 Å². The van der Waals surface area contributed by atoms with Crippen LogP contribution in [0.15, 0.2) is 0 Å². The zero-order valence-corrected chi connectivity index (χ0v) is 12.7. The molecular weight excluding hydrogens is 268 g/mol. The van der Waals surface area contributed by atoms with Gasteiger partial charge in [-0.1, -0.05) is 13.3 Å². The molecule has 0 bridgehead atoms. The van der Waals surface area contributed by atoms with Gasteiger partial charge >= 0.3 is 5.97 Å². The second-order valence-electron chi connectivity index (χ2n) is 5.20. The highest BCUT2D eigenvalue weighted by Gasteiger charge is 2.35. The number of rotatable bonds is 6. The summed E-state index contributed by atoms with van der Waals surface area (Å²) < 4.78 is 27.5. The van der Waals surface area contributed by atoms with E-state index in [1.165, 1.54) is 8.61 Å². The molecule has 19 heavy (non-hydrogen) atoms. The van der Waals surface area contributed by atoms with E-state index in [0.29, 0.717) is 19.4 Å². The van der Waals surface area contributed by atoms with Crippen molar-refractivity contribution in [1.29, 1.82) is 0 Å². The van der Waals surface area contributed by atoms with Gasteiger partial charge in [-0.2, -0.15) is 17.0 Å². The number of carboxylic acid groups (broad SMARTS) is 1. The Morgan fingerprint density at radius 2 is 2.16 bits per heavy atom. The summed E-state index contributed by atoms with van der Waals surface area (Å²) in [4.78, 5) is 11.0. The number of nitrogens with zero attached hydrogens (tertiary/aromatic N) is 2. The van der Waals surface area contributed by atoms with Crippen LogP contribution < -0.4 is 0 Å². The third-order valence-electron chi connectivity index (χ3n) is 3.75. The lowest BCUT2D eigenvalue weighted by Crippen LogP contribution is -2.50. The number of aliphatic carboxylic acids is 1. The van der Waals surface area contributed by atoms with Gasteiger partial charge in [-0.3, -0.25) is 4.79 Å². The Morgan fingerprint density at radius 1 is 1.53 bits per heavy atom. The Balaban J connectivity index is 2.79. The molecule has 112 valence electrons. The molecule has 1 aliphatic heterocycles. The summed E-state index contributed by atoms with van der Waals surface area (Å²) in [6, 6.07) is -0.0693. The predicted octanol–water partition coefficient (Wildman–Crippen LogP) is 1.15. The van der Waals surface area contributed by atoms with Gasteiger partial charge in [-0.15, -0.1) is 0 Å². The van der Waals surface area contributed by atoms with Crippen LogP contribution in [0.25, 0.3) is 0 Å². The summed E-state index contributed by atoms with van der Waals surface area (Å²) in [6.45, 7) is 4.38. The van der Waals surface area contributed by atoms with Gasteiger partial charge < -0.3 is 5.11 Å². The molecule has 1 saturated heterocycles. The van der Waals surface area contributed by atoms with Gasteiger partial charge in [0.05, 0.1) is 5.92 Å². The quantitative estimate of drug-likeness (QED) is 0.796. The third-order valence-corrected chi connectivity index (χ3v) is 5.82. The molecule has 0 aromatic carbocycles. The highest BCUT2D eigenvalue weighted by molar-refractivity contribution is 7.86. The fourth-order valence-electron chi connectivity index (χ4n) is 2.36. The molecule has 1 heterocycles. The van der Waals surface area contributed by atoms with Crippen LogP contribution in [0.3, 0.4) is 0 Å². The van der Waals surface area contributed by atoms with Crippen LogP contribution in [0, 0.1) is 5.92 Å². The highest BCUT2D eigenvalue weighted by Crippen LogP contribution is 2.22. The second-order valence-corrected chi connectivity index (χ2v) is 7.19. The third kappa shape index (κ3) is 3.90. The lowest BCUT2D eigenvalue weighted by Gasteiger charge is -2.35. The van der Waals surface area contributed by atoms with Crippen LogP contribution in [0.2, 0.25) is 0 Å². The molecule has 0 aromatic rings. The van der Waals surface area contributed by atoms with Crippen LogP contribution in [-0.2, 0) is 15.0 Å². The molecule has 0 amide bonds. The Bertz CT molecular complexity index is 410. The summed E-state index contributed by atoms with van der Waals surface area (Å²) in [5.74, 6) is -1.50. The largest absolute Gasteiger partial charge is 0.481 e. The maximum atomic E-state index is 12.4. The van der Waals surface area contributed by atoms with Crippen molar-refractivity contribution in [3.8, 4) is 0 Å². The second kappa shape index (κ2) is 6.67. The number of hydrogen-bond acceptors (Lipinski definition) is 3. The van der Waals surface area contributed by atoms with Crippen molar-refractivity contribution in [3.63, 3.8) is 0 Å². The maximum Gasteiger partial charge on any atom is 0.307 e. The van der Waals surface area contributed by atoms with E-state index in [9.17, 15) is 13.2 Å². The molecule has 2 unspecified atom stereocenters. The normalized spacial score (nSPS) is 23.5. The summed E-state index contributed by atoms with van der Waals surface area (Å²) in [5.41, 5.74) is 0. The highest BCUT2D eigenvalue weighted by atomic mass is 32.2. The lowest BCUT2D eigenvalue weighted by atomic mass is 10.0. The van der Waals surface area contributed by atoms with Gasteiger partial charge in [0.1, 0.15) is 0 Å². The molecule has 1 aliphatic rings. The summed E-state index contributed by atoms with van der Waals surface area (Å²) in [7, 11) is -1.98. The van der Waals surface area contributed by atoms with Crippen molar-refractivity contribution in [2.75, 3.05) is 20.1 Å². The van der Waals surface area contributed by atoms with E-state index >= 15 is 0 Å². The SMILES string of the molecule is CCCC(C)N(C)S(=O)(=O)N1CCCC(C(=O)O)C1. The van der Waals surface area contributed by atoms with Crippen LogP contribution in [-0.4, -0.2) is 54.3 Å². The van der Waals surface area contributed by atoms with E-state index in [1.54, 1.807) is 7.05 Å². The first-order chi connectivity index (χ1) is 8.80. The first kappa shape index (κ1) is 16.4. The zero-order valence-electron chi connectivity index (χ0n) is 11.9. The fraction of sp³-hybridized carbons (Fsp3) is 0.917. The predicted molar refractivity (Wildman–Crippen MR) is 73.0 cm³/mol. The lowest BCUT2D eigenvalue weighted by molar-refractivity contribution is -0.142. The van der Waals surface area contributed by atoms with Crippen LogP contribution in [0.4, 0.5) is 0 Å². The van der Waals surface area contributed by atoms with E-state index in [1.807, 2.05) is 13.8 Å². The average molecular weight is 292 g/mol. The fourth-order valence-corrected chi connectivity index (χ4v) is 4.02. The number of carboxylic acids is 1. The summed E-state index contributed by atoms with van der Waals surface area (Å²) >= 11 is 0. The van der Waals surface area contributed by atoms with Crippen LogP contribution in [0.5, 0.6) is 0 Å². The standard InChI is InChI=1S/C12H24N2O4S/c1-4-6-10(2)13(3)19(17,18)14-8-5-7-11(9-14)12(15)16/h10-11H,4-9H2,1-3H3,(H,15,16). The first-order valence-electron chi connectivity index (χ1n) is 6.76. The number of carbonyl (C=O) groups is 1. The molecule has 0 aromatic heterocycles. The van der Waals surface area contributed by atoms with Crippen LogP contribution in [0.1, 0.15) is 39.5 Å². The van der Waals surface area contributed by atoms with Gasteiger partial charge in [-0.05, 0) is 26.2 Å². The molecule has 0 saturated carbocycles. The van der Waals surface area contributed by atoms with E-state index in [0.717, 1.165) is 12.8 Å². The van der Waals surface area contributed by atoms with Crippen molar-refractivity contribution < 1.29 is 18.3 Å².